The molecule has 19 heavy (non-hydrogen) atoms. The van der Waals surface area contributed by atoms with Gasteiger partial charge in [0.2, 0.25) is 5.88 Å². The fourth-order valence-corrected chi connectivity index (χ4v) is 2.18. The summed E-state index contributed by atoms with van der Waals surface area (Å²) in [7, 11) is 0. The molecule has 0 unspecified atom stereocenters. The smallest absolute Gasteiger partial charge is 0.228 e. The average molecular weight is 246 g/mol. The summed E-state index contributed by atoms with van der Waals surface area (Å²) < 4.78 is 5.87. The van der Waals surface area contributed by atoms with Crippen molar-refractivity contribution in [2.24, 2.45) is 4.99 Å². The molecule has 3 aromatic rings. The van der Waals surface area contributed by atoms with Crippen molar-refractivity contribution in [1.82, 2.24) is 4.98 Å². The van der Waals surface area contributed by atoms with Crippen molar-refractivity contribution in [2.75, 3.05) is 0 Å². The summed E-state index contributed by atoms with van der Waals surface area (Å²) in [6.07, 6.45) is 1.81. The minimum atomic E-state index is 0.604. The Morgan fingerprint density at radius 3 is 2.74 bits per heavy atom. The molecule has 2 aromatic carbocycles. The van der Waals surface area contributed by atoms with Crippen LogP contribution in [0.25, 0.3) is 10.9 Å². The quantitative estimate of drug-likeness (QED) is 0.468. The van der Waals surface area contributed by atoms with Gasteiger partial charge in [0, 0.05) is 11.6 Å². The number of aromatic nitrogens is 1. The molecule has 1 aromatic heterocycles. The van der Waals surface area contributed by atoms with Crippen LogP contribution in [0.1, 0.15) is 5.56 Å². The summed E-state index contributed by atoms with van der Waals surface area (Å²) in [4.78, 5) is 9.01. The van der Waals surface area contributed by atoms with Gasteiger partial charge < -0.3 is 4.74 Å². The number of hydrogen-bond acceptors (Lipinski definition) is 3. The second-order valence-electron chi connectivity index (χ2n) is 4.40. The van der Waals surface area contributed by atoms with Crippen LogP contribution in [0, 0.1) is 0 Å². The van der Waals surface area contributed by atoms with Crippen LogP contribution >= 0.6 is 0 Å². The van der Waals surface area contributed by atoms with Gasteiger partial charge in [0.15, 0.2) is 5.75 Å². The number of benzene rings is 2. The van der Waals surface area contributed by atoms with Crippen molar-refractivity contribution in [3.05, 3.63) is 60.2 Å². The van der Waals surface area contributed by atoms with Crippen LogP contribution in [0.5, 0.6) is 11.6 Å². The molecule has 3 nitrogen and oxygen atoms in total. The Balaban J connectivity index is 1.96. The van der Waals surface area contributed by atoms with Gasteiger partial charge in [0.1, 0.15) is 5.69 Å². The third-order valence-electron chi connectivity index (χ3n) is 3.13. The lowest BCUT2D eigenvalue weighted by atomic mass is 10.1. The van der Waals surface area contributed by atoms with Crippen LogP contribution in [0.2, 0.25) is 0 Å². The molecule has 0 atom stereocenters. The molecule has 1 aliphatic heterocycles. The van der Waals surface area contributed by atoms with Crippen molar-refractivity contribution in [2.45, 2.75) is 0 Å². The molecule has 0 saturated heterocycles. The predicted octanol–water partition coefficient (Wildman–Crippen LogP) is 4.09. The van der Waals surface area contributed by atoms with Gasteiger partial charge in [-0.05, 0) is 24.3 Å². The first kappa shape index (κ1) is 10.3. The number of ether oxygens (including phenoxy) is 1. The minimum absolute atomic E-state index is 0.604. The molecule has 0 N–H and O–H groups in total. The Kier molecular flexibility index (Phi) is 2.12. The molecule has 0 saturated carbocycles. The maximum absolute atomic E-state index is 5.87. The zero-order valence-electron chi connectivity index (χ0n) is 10.1. The molecule has 0 aliphatic carbocycles. The van der Waals surface area contributed by atoms with Crippen molar-refractivity contribution < 1.29 is 4.74 Å². The zero-order chi connectivity index (χ0) is 12.7. The molecule has 0 radical (unpaired) electrons. The van der Waals surface area contributed by atoms with Crippen molar-refractivity contribution >= 4 is 22.8 Å². The van der Waals surface area contributed by atoms with Crippen molar-refractivity contribution in [3.8, 4) is 11.6 Å². The normalized spacial score (nSPS) is 12.4. The third-order valence-corrected chi connectivity index (χ3v) is 3.13. The van der Waals surface area contributed by atoms with Crippen molar-refractivity contribution in [1.29, 1.82) is 0 Å². The second kappa shape index (κ2) is 3.92. The van der Waals surface area contributed by atoms with Gasteiger partial charge in [-0.2, -0.15) is 0 Å². The first-order valence-electron chi connectivity index (χ1n) is 6.11. The van der Waals surface area contributed by atoms with Gasteiger partial charge in [-0.25, -0.2) is 4.98 Å². The number of rotatable bonds is 0. The first-order chi connectivity index (χ1) is 9.40. The minimum Gasteiger partial charge on any atom is -0.436 e. The highest BCUT2D eigenvalue weighted by Crippen LogP contribution is 2.35. The van der Waals surface area contributed by atoms with Crippen LogP contribution in [0.15, 0.2) is 59.6 Å². The summed E-state index contributed by atoms with van der Waals surface area (Å²) >= 11 is 0. The van der Waals surface area contributed by atoms with E-state index < -0.39 is 0 Å². The molecule has 0 spiro atoms. The molecule has 0 fully saturated rings. The van der Waals surface area contributed by atoms with Gasteiger partial charge in [-0.15, -0.1) is 0 Å². The molecule has 0 amide bonds. The molecule has 0 bridgehead atoms. The Labute approximate surface area is 110 Å². The predicted molar refractivity (Wildman–Crippen MR) is 75.5 cm³/mol. The number of para-hydroxylation sites is 3. The van der Waals surface area contributed by atoms with E-state index in [0.717, 1.165) is 27.9 Å². The lowest BCUT2D eigenvalue weighted by Gasteiger charge is -2.07. The summed E-state index contributed by atoms with van der Waals surface area (Å²) in [6.45, 7) is 0. The van der Waals surface area contributed by atoms with E-state index in [2.05, 4.69) is 9.98 Å². The average Bonchev–Trinajstić information content (AvgIpc) is 2.63. The zero-order valence-corrected chi connectivity index (χ0v) is 10.1. The van der Waals surface area contributed by atoms with E-state index in [0.29, 0.717) is 5.88 Å². The molecular formula is C16H10N2O. The van der Waals surface area contributed by atoms with Gasteiger partial charge >= 0.3 is 0 Å². The van der Waals surface area contributed by atoms with Crippen molar-refractivity contribution in [3.63, 3.8) is 0 Å². The van der Waals surface area contributed by atoms with E-state index in [9.17, 15) is 0 Å². The lowest BCUT2D eigenvalue weighted by molar-refractivity contribution is 0.467. The molecular weight excluding hydrogens is 236 g/mol. The summed E-state index contributed by atoms with van der Waals surface area (Å²) in [5.74, 6) is 1.34. The monoisotopic (exact) mass is 246 g/mol. The summed E-state index contributed by atoms with van der Waals surface area (Å²) in [5.41, 5.74) is 2.65. The standard InChI is InChI=1S/C16H10N2O/c1-2-6-13-11(5-1)9-12-10-17-14-7-3-4-8-15(14)19-16(12)18-13/h1-10H. The van der Waals surface area contributed by atoms with Gasteiger partial charge in [0.25, 0.3) is 0 Å². The SMILES string of the molecule is C1=Nc2ccccc2Oc2nc3ccccc3cc21. The molecule has 1 aliphatic rings. The Bertz CT molecular complexity index is 809. The number of nitrogens with zero attached hydrogens (tertiary/aromatic N) is 2. The fraction of sp³-hybridized carbons (Fsp3) is 0. The maximum atomic E-state index is 5.87. The lowest BCUT2D eigenvalue weighted by Crippen LogP contribution is -1.93. The van der Waals surface area contributed by atoms with Crippen LogP contribution in [-0.4, -0.2) is 11.2 Å². The Hall–Kier alpha value is -2.68. The van der Waals surface area contributed by atoms with Gasteiger partial charge in [-0.1, -0.05) is 30.3 Å². The number of fused-ring (bicyclic) bond motifs is 3. The van der Waals surface area contributed by atoms with E-state index in [1.54, 1.807) is 6.21 Å². The third kappa shape index (κ3) is 1.67. The van der Waals surface area contributed by atoms with E-state index >= 15 is 0 Å². The maximum Gasteiger partial charge on any atom is 0.228 e. The summed E-state index contributed by atoms with van der Waals surface area (Å²) in [6, 6.07) is 17.7. The van der Waals surface area contributed by atoms with E-state index in [4.69, 9.17) is 4.74 Å². The Morgan fingerprint density at radius 1 is 0.895 bits per heavy atom. The van der Waals surface area contributed by atoms with Crippen LogP contribution in [0.3, 0.4) is 0 Å². The van der Waals surface area contributed by atoms with Crippen LogP contribution in [0.4, 0.5) is 5.69 Å². The topological polar surface area (TPSA) is 34.5 Å². The highest BCUT2D eigenvalue weighted by Gasteiger charge is 2.13. The highest BCUT2D eigenvalue weighted by molar-refractivity contribution is 5.92. The second-order valence-corrected chi connectivity index (χ2v) is 4.40. The molecule has 3 heteroatoms. The first-order valence-corrected chi connectivity index (χ1v) is 6.11. The number of aliphatic imine (C=N–C) groups is 1. The summed E-state index contributed by atoms with van der Waals surface area (Å²) in [5, 5.41) is 1.09. The molecule has 4 rings (SSSR count). The van der Waals surface area contributed by atoms with E-state index in [-0.39, 0.29) is 0 Å². The number of hydrogen-bond donors (Lipinski definition) is 0. The molecule has 2 heterocycles. The van der Waals surface area contributed by atoms with E-state index in [1.807, 2.05) is 54.6 Å². The fourth-order valence-electron chi connectivity index (χ4n) is 2.18. The van der Waals surface area contributed by atoms with Crippen LogP contribution < -0.4 is 4.74 Å². The van der Waals surface area contributed by atoms with Gasteiger partial charge in [-0.3, -0.25) is 4.99 Å². The van der Waals surface area contributed by atoms with E-state index in [1.165, 1.54) is 0 Å². The van der Waals surface area contributed by atoms with Crippen LogP contribution in [-0.2, 0) is 0 Å². The Morgan fingerprint density at radius 2 is 1.74 bits per heavy atom. The number of pyridine rings is 1. The molecule has 90 valence electrons. The van der Waals surface area contributed by atoms with Gasteiger partial charge in [0.05, 0.1) is 11.1 Å². The largest absolute Gasteiger partial charge is 0.436 e. The highest BCUT2D eigenvalue weighted by atomic mass is 16.5.